The third-order valence-corrected chi connectivity index (χ3v) is 8.85. The quantitative estimate of drug-likeness (QED) is 0.143. The highest BCUT2D eigenvalue weighted by atomic mass is 16.2. The Labute approximate surface area is 249 Å². The molecule has 0 unspecified atom stereocenters. The van der Waals surface area contributed by atoms with E-state index in [1.165, 1.54) is 22.2 Å². The van der Waals surface area contributed by atoms with E-state index in [0.717, 1.165) is 11.1 Å². The number of fused-ring (bicyclic) bond motifs is 2. The maximum absolute atomic E-state index is 13.7. The van der Waals surface area contributed by atoms with Crippen molar-refractivity contribution in [3.8, 4) is 0 Å². The number of nitrogens with zero attached hydrogens (tertiary/aromatic N) is 4. The average Bonchev–Trinajstić information content (AvgIpc) is 3.06. The number of rotatable bonds is 4. The minimum Gasteiger partial charge on any atom is -0.270 e. The summed E-state index contributed by atoms with van der Waals surface area (Å²) in [6.45, 7) is 0.309. The predicted molar refractivity (Wildman–Crippen MR) is 165 cm³/mol. The zero-order valence-electron chi connectivity index (χ0n) is 23.1. The van der Waals surface area contributed by atoms with Crippen LogP contribution >= 0.6 is 0 Å². The van der Waals surface area contributed by atoms with Crippen molar-refractivity contribution in [1.82, 2.24) is 19.8 Å². The molecule has 4 heterocycles. The van der Waals surface area contributed by atoms with Gasteiger partial charge < -0.3 is 0 Å². The first-order valence-electron chi connectivity index (χ1n) is 14.2. The summed E-state index contributed by atoms with van der Waals surface area (Å²) in [6.07, 6.45) is 3.06. The van der Waals surface area contributed by atoms with Crippen molar-refractivity contribution in [3.63, 3.8) is 0 Å². The van der Waals surface area contributed by atoms with Crippen LogP contribution < -0.4 is 0 Å². The Kier molecular flexibility index (Phi) is 4.88. The van der Waals surface area contributed by atoms with Gasteiger partial charge in [0, 0.05) is 55.8 Å². The third-order valence-electron chi connectivity index (χ3n) is 8.85. The van der Waals surface area contributed by atoms with E-state index < -0.39 is 11.8 Å². The molecule has 0 fully saturated rings. The van der Waals surface area contributed by atoms with E-state index in [-0.39, 0.29) is 24.9 Å². The third kappa shape index (κ3) is 3.16. The largest absolute Gasteiger partial charge is 0.270 e. The molecule has 4 amide bonds. The number of hydrogen-bond donors (Lipinski definition) is 0. The lowest BCUT2D eigenvalue weighted by molar-refractivity contribution is 0.0583. The Morgan fingerprint density at radius 3 is 1.23 bits per heavy atom. The molecule has 0 N–H and O–H groups in total. The zero-order valence-corrected chi connectivity index (χ0v) is 23.1. The highest BCUT2D eigenvalue weighted by Gasteiger charge is 2.37. The van der Waals surface area contributed by atoms with Crippen LogP contribution in [0.4, 0.5) is 0 Å². The molecule has 44 heavy (non-hydrogen) atoms. The van der Waals surface area contributed by atoms with Crippen molar-refractivity contribution in [3.05, 3.63) is 131 Å². The van der Waals surface area contributed by atoms with Crippen molar-refractivity contribution in [2.45, 2.75) is 13.1 Å². The topological polar surface area (TPSA) is 101 Å². The second kappa shape index (κ2) is 8.75. The number of hydrogen-bond acceptors (Lipinski definition) is 6. The first kappa shape index (κ1) is 24.6. The van der Waals surface area contributed by atoms with Crippen LogP contribution in [0.1, 0.15) is 52.6 Å². The van der Waals surface area contributed by atoms with E-state index in [1.54, 1.807) is 12.1 Å². The fraction of sp³-hybridized carbons (Fsp3) is 0.0556. The van der Waals surface area contributed by atoms with Crippen LogP contribution in [0.5, 0.6) is 0 Å². The van der Waals surface area contributed by atoms with Crippen molar-refractivity contribution in [2.24, 2.45) is 0 Å². The highest BCUT2D eigenvalue weighted by Crippen LogP contribution is 2.44. The Morgan fingerprint density at radius 1 is 0.432 bits per heavy atom. The molecule has 2 aromatic heterocycles. The van der Waals surface area contributed by atoms with Crippen LogP contribution in [0.25, 0.3) is 43.4 Å². The van der Waals surface area contributed by atoms with Crippen LogP contribution in [0, 0.1) is 0 Å². The number of pyridine rings is 2. The molecule has 0 saturated carbocycles. The van der Waals surface area contributed by atoms with E-state index in [4.69, 9.17) is 9.97 Å². The summed E-state index contributed by atoms with van der Waals surface area (Å²) in [5.41, 5.74) is 4.42. The van der Waals surface area contributed by atoms with Crippen LogP contribution in [0.2, 0.25) is 0 Å². The van der Waals surface area contributed by atoms with Crippen LogP contribution in [0.15, 0.2) is 97.3 Å². The van der Waals surface area contributed by atoms with Gasteiger partial charge in [-0.2, -0.15) is 0 Å². The van der Waals surface area contributed by atoms with Gasteiger partial charge in [0.2, 0.25) is 0 Å². The Balaban J connectivity index is 1.26. The number of aromatic nitrogens is 2. The molecule has 5 aromatic carbocycles. The molecule has 2 aliphatic rings. The summed E-state index contributed by atoms with van der Waals surface area (Å²) < 4.78 is 0. The zero-order chi connectivity index (χ0) is 29.7. The standard InChI is InChI=1S/C36H20N4O4/c41-33-23-13-11-21-29-27(23)25(35(43)39(33)17-19-7-3-1-4-8-19)15-37-31(29)22-12-14-24-28-26(16-38-32(21)30(22)28)36(44)40(34(24)42)18-20-9-5-2-6-10-20/h1-16H,17-18H2. The van der Waals surface area contributed by atoms with Gasteiger partial charge in [0.15, 0.2) is 0 Å². The predicted octanol–water partition coefficient (Wildman–Crippen LogP) is 6.12. The van der Waals surface area contributed by atoms with Gasteiger partial charge in [-0.25, -0.2) is 0 Å². The second-order valence-electron chi connectivity index (χ2n) is 11.2. The minimum atomic E-state index is -0.402. The van der Waals surface area contributed by atoms with Crippen LogP contribution in [0.3, 0.4) is 0 Å². The average molecular weight is 573 g/mol. The molecular weight excluding hydrogens is 552 g/mol. The summed E-state index contributed by atoms with van der Waals surface area (Å²) in [7, 11) is 0. The van der Waals surface area contributed by atoms with Crippen molar-refractivity contribution in [2.75, 3.05) is 0 Å². The lowest BCUT2D eigenvalue weighted by atomic mass is 9.86. The molecule has 0 bridgehead atoms. The molecule has 0 aliphatic carbocycles. The molecular formula is C36H20N4O4. The van der Waals surface area contributed by atoms with Crippen LogP contribution in [-0.2, 0) is 13.1 Å². The number of amides is 4. The summed E-state index contributed by atoms with van der Waals surface area (Å²) in [5, 5.41) is 3.84. The van der Waals surface area contributed by atoms with Gasteiger partial charge in [-0.05, 0) is 23.3 Å². The number of carbonyl (C=O) groups is 4. The van der Waals surface area contributed by atoms with E-state index in [1.807, 2.05) is 72.8 Å². The van der Waals surface area contributed by atoms with Crippen molar-refractivity contribution in [1.29, 1.82) is 0 Å². The lowest BCUT2D eigenvalue weighted by Gasteiger charge is -2.29. The number of benzene rings is 5. The molecule has 0 spiro atoms. The van der Waals surface area contributed by atoms with Gasteiger partial charge in [-0.1, -0.05) is 72.8 Å². The number of imide groups is 2. The number of carbonyl (C=O) groups excluding carboxylic acids is 4. The van der Waals surface area contributed by atoms with Crippen molar-refractivity contribution >= 4 is 67.0 Å². The molecule has 208 valence electrons. The maximum atomic E-state index is 13.7. The van der Waals surface area contributed by atoms with Gasteiger partial charge in [-0.15, -0.1) is 0 Å². The molecule has 7 aromatic rings. The van der Waals surface area contributed by atoms with E-state index >= 15 is 0 Å². The summed E-state index contributed by atoms with van der Waals surface area (Å²) in [4.78, 5) is 67.0. The lowest BCUT2D eigenvalue weighted by Crippen LogP contribution is -2.40. The second-order valence-corrected chi connectivity index (χ2v) is 11.2. The molecule has 8 nitrogen and oxygen atoms in total. The van der Waals surface area contributed by atoms with E-state index in [0.29, 0.717) is 65.6 Å². The first-order valence-corrected chi connectivity index (χ1v) is 14.2. The fourth-order valence-electron chi connectivity index (χ4n) is 6.84. The summed E-state index contributed by atoms with van der Waals surface area (Å²) >= 11 is 0. The molecule has 0 saturated heterocycles. The van der Waals surface area contributed by atoms with Gasteiger partial charge in [-0.3, -0.25) is 38.9 Å². The normalized spacial score (nSPS) is 14.6. The highest BCUT2D eigenvalue weighted by molar-refractivity contribution is 6.39. The van der Waals surface area contributed by atoms with Gasteiger partial charge in [0.25, 0.3) is 23.6 Å². The Morgan fingerprint density at radius 2 is 0.818 bits per heavy atom. The monoisotopic (exact) mass is 572 g/mol. The maximum Gasteiger partial charge on any atom is 0.263 e. The fourth-order valence-corrected chi connectivity index (χ4v) is 6.84. The molecule has 2 aliphatic heterocycles. The van der Waals surface area contributed by atoms with E-state index in [9.17, 15) is 19.2 Å². The van der Waals surface area contributed by atoms with Crippen LogP contribution in [-0.4, -0.2) is 43.4 Å². The SMILES string of the molecule is O=C1c2ccc3c4ncc5c6c(ccc(c7ncc(c2c37)C(=O)N1Cc1ccccc1)c64)C(=O)N(Cc1ccccc1)C5=O. The van der Waals surface area contributed by atoms with Crippen molar-refractivity contribution < 1.29 is 19.2 Å². The minimum absolute atomic E-state index is 0.154. The smallest absolute Gasteiger partial charge is 0.263 e. The van der Waals surface area contributed by atoms with Gasteiger partial charge >= 0.3 is 0 Å². The molecule has 9 rings (SSSR count). The molecule has 8 heteroatoms. The molecule has 0 atom stereocenters. The Bertz CT molecular complexity index is 2130. The first-order chi connectivity index (χ1) is 21.5. The van der Waals surface area contributed by atoms with Gasteiger partial charge in [0.05, 0.1) is 35.2 Å². The van der Waals surface area contributed by atoms with E-state index in [2.05, 4.69) is 0 Å². The summed E-state index contributed by atoms with van der Waals surface area (Å²) in [6, 6.07) is 25.9. The molecule has 0 radical (unpaired) electrons. The van der Waals surface area contributed by atoms with Gasteiger partial charge in [0.1, 0.15) is 0 Å². The summed E-state index contributed by atoms with van der Waals surface area (Å²) in [5.74, 6) is -1.54. The Hall–Kier alpha value is -6.02.